The molecule has 2 nitrogen and oxygen atoms in total. The van der Waals surface area contributed by atoms with Crippen LogP contribution in [0.25, 0.3) is 0 Å². The number of benzene rings is 1. The number of fused-ring (bicyclic) bond motifs is 1. The van der Waals surface area contributed by atoms with E-state index in [1.54, 1.807) is 0 Å². The molecule has 1 aliphatic rings. The van der Waals surface area contributed by atoms with E-state index < -0.39 is 0 Å². The predicted molar refractivity (Wildman–Crippen MR) is 79.0 cm³/mol. The van der Waals surface area contributed by atoms with Crippen LogP contribution in [0.3, 0.4) is 0 Å². The molecule has 0 aliphatic carbocycles. The van der Waals surface area contributed by atoms with Crippen LogP contribution < -0.4 is 10.6 Å². The SMILES string of the molecule is CC(C)CCCN1c2ccccc2CCC1CN. The van der Waals surface area contributed by atoms with Crippen LogP contribution in [-0.4, -0.2) is 19.1 Å². The number of para-hydroxylation sites is 1. The Kier molecular flexibility index (Phi) is 4.65. The number of anilines is 1. The van der Waals surface area contributed by atoms with Crippen molar-refractivity contribution in [2.24, 2.45) is 11.7 Å². The molecule has 2 rings (SSSR count). The predicted octanol–water partition coefficient (Wildman–Crippen LogP) is 3.20. The third-order valence-electron chi connectivity index (χ3n) is 3.94. The Morgan fingerprint density at radius 3 is 2.83 bits per heavy atom. The molecule has 0 spiro atoms. The van der Waals surface area contributed by atoms with Gasteiger partial charge in [0.25, 0.3) is 0 Å². The molecule has 1 unspecified atom stereocenters. The van der Waals surface area contributed by atoms with Gasteiger partial charge in [0.1, 0.15) is 0 Å². The number of hydrogen-bond donors (Lipinski definition) is 1. The maximum atomic E-state index is 5.94. The molecule has 2 heteroatoms. The summed E-state index contributed by atoms with van der Waals surface area (Å²) in [6, 6.07) is 9.34. The van der Waals surface area contributed by atoms with Gasteiger partial charge in [-0.05, 0) is 43.2 Å². The molecule has 1 atom stereocenters. The minimum absolute atomic E-state index is 0.534. The van der Waals surface area contributed by atoms with Gasteiger partial charge in [0, 0.05) is 24.8 Å². The zero-order valence-corrected chi connectivity index (χ0v) is 11.7. The lowest BCUT2D eigenvalue weighted by molar-refractivity contribution is 0.494. The lowest BCUT2D eigenvalue weighted by Crippen LogP contribution is -2.44. The van der Waals surface area contributed by atoms with Crippen LogP contribution >= 0.6 is 0 Å². The van der Waals surface area contributed by atoms with Crippen LogP contribution in [0.2, 0.25) is 0 Å². The second-order valence-corrected chi connectivity index (χ2v) is 5.79. The first-order valence-electron chi connectivity index (χ1n) is 7.27. The number of nitrogens with zero attached hydrogens (tertiary/aromatic N) is 1. The molecular weight excluding hydrogens is 220 g/mol. The molecule has 100 valence electrons. The summed E-state index contributed by atoms with van der Waals surface area (Å²) < 4.78 is 0. The summed E-state index contributed by atoms with van der Waals surface area (Å²) in [5.41, 5.74) is 8.85. The highest BCUT2D eigenvalue weighted by molar-refractivity contribution is 5.56. The van der Waals surface area contributed by atoms with Crippen molar-refractivity contribution < 1.29 is 0 Å². The van der Waals surface area contributed by atoms with Crippen LogP contribution in [0.1, 0.15) is 38.7 Å². The summed E-state index contributed by atoms with van der Waals surface area (Å²) >= 11 is 0. The quantitative estimate of drug-likeness (QED) is 0.864. The highest BCUT2D eigenvalue weighted by Crippen LogP contribution is 2.30. The lowest BCUT2D eigenvalue weighted by Gasteiger charge is -2.38. The smallest absolute Gasteiger partial charge is 0.0415 e. The van der Waals surface area contributed by atoms with Gasteiger partial charge >= 0.3 is 0 Å². The van der Waals surface area contributed by atoms with E-state index in [-0.39, 0.29) is 0 Å². The van der Waals surface area contributed by atoms with E-state index in [1.165, 1.54) is 36.9 Å². The van der Waals surface area contributed by atoms with Gasteiger partial charge in [-0.3, -0.25) is 0 Å². The molecule has 0 saturated carbocycles. The molecule has 0 radical (unpaired) electrons. The summed E-state index contributed by atoms with van der Waals surface area (Å²) in [5.74, 6) is 0.793. The Balaban J connectivity index is 2.08. The van der Waals surface area contributed by atoms with E-state index >= 15 is 0 Å². The topological polar surface area (TPSA) is 29.3 Å². The molecule has 1 aromatic carbocycles. The van der Waals surface area contributed by atoms with Gasteiger partial charge in [0.2, 0.25) is 0 Å². The largest absolute Gasteiger partial charge is 0.367 e. The average Bonchev–Trinajstić information content (AvgIpc) is 2.38. The van der Waals surface area contributed by atoms with Crippen molar-refractivity contribution >= 4 is 5.69 Å². The van der Waals surface area contributed by atoms with Gasteiger partial charge in [-0.25, -0.2) is 0 Å². The number of rotatable bonds is 5. The van der Waals surface area contributed by atoms with Gasteiger partial charge in [-0.1, -0.05) is 32.0 Å². The summed E-state index contributed by atoms with van der Waals surface area (Å²) in [5, 5.41) is 0. The highest BCUT2D eigenvalue weighted by atomic mass is 15.2. The average molecular weight is 246 g/mol. The summed E-state index contributed by atoms with van der Waals surface area (Å²) in [6.07, 6.45) is 4.95. The zero-order valence-electron chi connectivity index (χ0n) is 11.7. The molecule has 1 aromatic rings. The van der Waals surface area contributed by atoms with Crippen molar-refractivity contribution in [2.75, 3.05) is 18.0 Å². The molecule has 0 saturated heterocycles. The summed E-state index contributed by atoms with van der Waals surface area (Å²) in [6.45, 7) is 6.52. The molecule has 2 N–H and O–H groups in total. The summed E-state index contributed by atoms with van der Waals surface area (Å²) in [4.78, 5) is 2.54. The van der Waals surface area contributed by atoms with Crippen molar-refractivity contribution in [1.29, 1.82) is 0 Å². The third-order valence-corrected chi connectivity index (χ3v) is 3.94. The highest BCUT2D eigenvalue weighted by Gasteiger charge is 2.24. The van der Waals surface area contributed by atoms with Crippen molar-refractivity contribution in [3.05, 3.63) is 29.8 Å². The van der Waals surface area contributed by atoms with Gasteiger partial charge in [0.05, 0.1) is 0 Å². The first-order valence-corrected chi connectivity index (χ1v) is 7.27. The third kappa shape index (κ3) is 3.05. The molecular formula is C16H26N2. The standard InChI is InChI=1S/C16H26N2/c1-13(2)6-5-11-18-15(12-17)10-9-14-7-3-4-8-16(14)18/h3-4,7-8,13,15H,5-6,9-12,17H2,1-2H3. The Labute approximate surface area is 111 Å². The first-order chi connectivity index (χ1) is 8.72. The molecule has 18 heavy (non-hydrogen) atoms. The zero-order chi connectivity index (χ0) is 13.0. The van der Waals surface area contributed by atoms with Crippen molar-refractivity contribution in [1.82, 2.24) is 0 Å². The van der Waals surface area contributed by atoms with Crippen molar-refractivity contribution in [3.8, 4) is 0 Å². The van der Waals surface area contributed by atoms with Crippen molar-refractivity contribution in [2.45, 2.75) is 45.6 Å². The van der Waals surface area contributed by atoms with Crippen molar-refractivity contribution in [3.63, 3.8) is 0 Å². The van der Waals surface area contributed by atoms with E-state index in [4.69, 9.17) is 5.73 Å². The van der Waals surface area contributed by atoms with E-state index in [0.29, 0.717) is 6.04 Å². The minimum Gasteiger partial charge on any atom is -0.367 e. The number of aryl methyl sites for hydroxylation is 1. The fourth-order valence-corrected chi connectivity index (χ4v) is 2.90. The lowest BCUT2D eigenvalue weighted by atomic mass is 9.95. The van der Waals surface area contributed by atoms with E-state index in [9.17, 15) is 0 Å². The molecule has 1 heterocycles. The van der Waals surface area contributed by atoms with Crippen LogP contribution in [0.5, 0.6) is 0 Å². The van der Waals surface area contributed by atoms with E-state index in [2.05, 4.69) is 43.0 Å². The van der Waals surface area contributed by atoms with Crippen LogP contribution in [-0.2, 0) is 6.42 Å². The van der Waals surface area contributed by atoms with Crippen LogP contribution in [0.4, 0.5) is 5.69 Å². The van der Waals surface area contributed by atoms with Gasteiger partial charge in [-0.15, -0.1) is 0 Å². The fraction of sp³-hybridized carbons (Fsp3) is 0.625. The van der Waals surface area contributed by atoms with Gasteiger partial charge in [-0.2, -0.15) is 0 Å². The Hall–Kier alpha value is -1.02. The second kappa shape index (κ2) is 6.24. The minimum atomic E-state index is 0.534. The Morgan fingerprint density at radius 1 is 1.33 bits per heavy atom. The van der Waals surface area contributed by atoms with Gasteiger partial charge < -0.3 is 10.6 Å². The molecule has 0 aromatic heterocycles. The van der Waals surface area contributed by atoms with Gasteiger partial charge in [0.15, 0.2) is 0 Å². The van der Waals surface area contributed by atoms with Crippen LogP contribution in [0, 0.1) is 5.92 Å². The number of hydrogen-bond acceptors (Lipinski definition) is 2. The normalized spacial score (nSPS) is 19.1. The Morgan fingerprint density at radius 2 is 2.11 bits per heavy atom. The fourth-order valence-electron chi connectivity index (χ4n) is 2.90. The molecule has 0 amide bonds. The monoisotopic (exact) mass is 246 g/mol. The molecule has 0 fully saturated rings. The van der Waals surface area contributed by atoms with E-state index in [0.717, 1.165) is 19.0 Å². The Bertz CT molecular complexity index is 373. The molecule has 0 bridgehead atoms. The maximum Gasteiger partial charge on any atom is 0.0415 e. The second-order valence-electron chi connectivity index (χ2n) is 5.79. The summed E-state index contributed by atoms with van der Waals surface area (Å²) in [7, 11) is 0. The van der Waals surface area contributed by atoms with E-state index in [1.807, 2.05) is 0 Å². The molecule has 1 aliphatic heterocycles. The first kappa shape index (κ1) is 13.4. The number of nitrogens with two attached hydrogens (primary N) is 1. The maximum absolute atomic E-state index is 5.94. The van der Waals surface area contributed by atoms with Crippen LogP contribution in [0.15, 0.2) is 24.3 Å².